The highest BCUT2D eigenvalue weighted by atomic mass is 19.4. The second kappa shape index (κ2) is 13.2. The molecular formula is C36H34F3N3O4. The maximum atomic E-state index is 12.9. The van der Waals surface area contributed by atoms with Gasteiger partial charge in [-0.2, -0.15) is 0 Å². The van der Waals surface area contributed by atoms with Crippen molar-refractivity contribution in [2.24, 2.45) is 0 Å². The maximum Gasteiger partial charge on any atom is 0.573 e. The smallest absolute Gasteiger partial charge is 0.497 e. The number of aromatic nitrogens is 2. The highest BCUT2D eigenvalue weighted by Crippen LogP contribution is 2.36. The van der Waals surface area contributed by atoms with Crippen molar-refractivity contribution >= 4 is 22.7 Å². The summed E-state index contributed by atoms with van der Waals surface area (Å²) in [5, 5.41) is 9.55. The Kier molecular flexibility index (Phi) is 8.87. The van der Waals surface area contributed by atoms with E-state index in [0.717, 1.165) is 53.8 Å². The van der Waals surface area contributed by atoms with Gasteiger partial charge in [0.1, 0.15) is 17.3 Å². The maximum absolute atomic E-state index is 12.9. The highest BCUT2D eigenvalue weighted by Gasteiger charge is 2.31. The van der Waals surface area contributed by atoms with E-state index in [1.165, 1.54) is 18.6 Å². The van der Waals surface area contributed by atoms with Gasteiger partial charge in [0.25, 0.3) is 0 Å². The van der Waals surface area contributed by atoms with Crippen LogP contribution < -0.4 is 14.4 Å². The summed E-state index contributed by atoms with van der Waals surface area (Å²) in [5.74, 6) is 0.260. The van der Waals surface area contributed by atoms with Crippen molar-refractivity contribution in [1.29, 1.82) is 0 Å². The molecule has 1 aliphatic carbocycles. The van der Waals surface area contributed by atoms with Crippen LogP contribution in [0.2, 0.25) is 0 Å². The van der Waals surface area contributed by atoms with E-state index >= 15 is 0 Å². The van der Waals surface area contributed by atoms with Crippen molar-refractivity contribution in [2.45, 2.75) is 57.6 Å². The minimum Gasteiger partial charge on any atom is -0.497 e. The van der Waals surface area contributed by atoms with Crippen LogP contribution in [0.1, 0.15) is 59.6 Å². The molecular weight excluding hydrogens is 595 g/mol. The average Bonchev–Trinajstić information content (AvgIpc) is 3.43. The summed E-state index contributed by atoms with van der Waals surface area (Å²) in [6.45, 7) is 0.824. The van der Waals surface area contributed by atoms with Gasteiger partial charge in [-0.3, -0.25) is 0 Å². The van der Waals surface area contributed by atoms with E-state index in [1.807, 2.05) is 54.6 Å². The van der Waals surface area contributed by atoms with Crippen molar-refractivity contribution in [3.05, 3.63) is 108 Å². The lowest BCUT2D eigenvalue weighted by Gasteiger charge is -2.26. The molecule has 0 amide bonds. The molecule has 238 valence electrons. The van der Waals surface area contributed by atoms with Crippen LogP contribution in [0.25, 0.3) is 22.4 Å². The van der Waals surface area contributed by atoms with E-state index in [-0.39, 0.29) is 17.4 Å². The Hall–Kier alpha value is -4.99. The van der Waals surface area contributed by atoms with Gasteiger partial charge >= 0.3 is 12.3 Å². The number of aromatic carboxylic acids is 1. The van der Waals surface area contributed by atoms with Crippen molar-refractivity contribution in [2.75, 3.05) is 12.0 Å². The number of carboxylic acid groups (broad SMARTS) is 1. The van der Waals surface area contributed by atoms with Gasteiger partial charge in [0.2, 0.25) is 0 Å². The van der Waals surface area contributed by atoms with Crippen LogP contribution >= 0.6 is 0 Å². The van der Waals surface area contributed by atoms with E-state index < -0.39 is 12.3 Å². The number of nitrogens with zero attached hydrogens (tertiary/aromatic N) is 3. The molecule has 0 aliphatic heterocycles. The van der Waals surface area contributed by atoms with Gasteiger partial charge < -0.3 is 24.0 Å². The van der Waals surface area contributed by atoms with Gasteiger partial charge in [-0.25, -0.2) is 9.78 Å². The number of fused-ring (bicyclic) bond motifs is 1. The monoisotopic (exact) mass is 629 g/mol. The zero-order valence-electron chi connectivity index (χ0n) is 25.3. The van der Waals surface area contributed by atoms with Crippen molar-refractivity contribution in [3.8, 4) is 22.9 Å². The largest absolute Gasteiger partial charge is 0.573 e. The second-order valence-electron chi connectivity index (χ2n) is 11.6. The Labute approximate surface area is 264 Å². The fourth-order valence-corrected chi connectivity index (χ4v) is 6.22. The summed E-state index contributed by atoms with van der Waals surface area (Å²) in [5.41, 5.74) is 5.25. The Morgan fingerprint density at radius 2 is 1.61 bits per heavy atom. The van der Waals surface area contributed by atoms with Crippen LogP contribution in [-0.2, 0) is 13.1 Å². The fraction of sp³-hybridized carbons (Fsp3) is 0.278. The molecule has 6 rings (SSSR count). The molecule has 1 aliphatic rings. The number of carboxylic acids is 1. The van der Waals surface area contributed by atoms with Crippen molar-refractivity contribution < 1.29 is 32.5 Å². The van der Waals surface area contributed by atoms with Gasteiger partial charge in [0.05, 0.1) is 23.7 Å². The summed E-state index contributed by atoms with van der Waals surface area (Å²) in [6, 6.07) is 27.1. The third-order valence-electron chi connectivity index (χ3n) is 8.40. The number of halogens is 3. The molecule has 0 spiro atoms. The number of alkyl halides is 3. The van der Waals surface area contributed by atoms with Crippen molar-refractivity contribution in [3.63, 3.8) is 0 Å². The summed E-state index contributed by atoms with van der Waals surface area (Å²) in [7, 11) is 1.59. The average molecular weight is 630 g/mol. The normalized spacial score (nSPS) is 13.9. The number of hydrogen-bond acceptors (Lipinski definition) is 5. The van der Waals surface area contributed by atoms with E-state index in [1.54, 1.807) is 31.4 Å². The number of hydrogen-bond donors (Lipinski definition) is 1. The molecule has 0 radical (unpaired) electrons. The second-order valence-corrected chi connectivity index (χ2v) is 11.6. The lowest BCUT2D eigenvalue weighted by atomic mass is 9.94. The summed E-state index contributed by atoms with van der Waals surface area (Å²) in [6.07, 6.45) is 0.810. The molecule has 46 heavy (non-hydrogen) atoms. The van der Waals surface area contributed by atoms with Crippen LogP contribution in [0.4, 0.5) is 18.9 Å². The molecule has 1 heterocycles. The van der Waals surface area contributed by atoms with Gasteiger partial charge in [-0.15, -0.1) is 13.2 Å². The summed E-state index contributed by atoms with van der Waals surface area (Å²) in [4.78, 5) is 18.7. The minimum atomic E-state index is -4.77. The molecule has 1 fully saturated rings. The number of imidazole rings is 1. The standard InChI is InChI=1S/C36H34F3N3O4/c1-45-30-17-15-28(16-18-30)41(23-25-6-5-9-31(20-25)46-36(37,38)39)22-24-10-12-26(13-11-24)34-40-32-21-27(35(43)44)14-19-33(32)42(34)29-7-3-2-4-8-29/h5-6,9-21,29H,2-4,7-8,22-23H2,1H3,(H,43,44). The SMILES string of the molecule is COc1ccc(N(Cc2ccc(-c3nc4cc(C(=O)O)ccc4n3C3CCCCC3)cc2)Cc2cccc(OC(F)(F)F)c2)cc1. The number of benzene rings is 4. The van der Waals surface area contributed by atoms with Crippen LogP contribution in [0.5, 0.6) is 11.5 Å². The van der Waals surface area contributed by atoms with Crippen LogP contribution in [0.3, 0.4) is 0 Å². The van der Waals surface area contributed by atoms with Crippen LogP contribution in [0.15, 0.2) is 91.0 Å². The Bertz CT molecular complexity index is 1810. The number of anilines is 1. The fourth-order valence-electron chi connectivity index (χ4n) is 6.22. The lowest BCUT2D eigenvalue weighted by molar-refractivity contribution is -0.274. The van der Waals surface area contributed by atoms with Gasteiger partial charge in [-0.05, 0) is 78.6 Å². The molecule has 1 aromatic heterocycles. The minimum absolute atomic E-state index is 0.205. The molecule has 0 atom stereocenters. The zero-order valence-corrected chi connectivity index (χ0v) is 25.3. The molecule has 1 saturated carbocycles. The lowest BCUT2D eigenvalue weighted by Crippen LogP contribution is -2.22. The first-order valence-electron chi connectivity index (χ1n) is 15.2. The number of methoxy groups -OCH3 is 1. The molecule has 1 N–H and O–H groups in total. The molecule has 0 unspecified atom stereocenters. The third kappa shape index (κ3) is 7.11. The summed E-state index contributed by atoms with van der Waals surface area (Å²) >= 11 is 0. The topological polar surface area (TPSA) is 76.8 Å². The molecule has 5 aromatic rings. The van der Waals surface area contributed by atoms with E-state index in [2.05, 4.69) is 14.2 Å². The van der Waals surface area contributed by atoms with E-state index in [0.29, 0.717) is 29.9 Å². The molecule has 0 saturated heterocycles. The predicted molar refractivity (Wildman–Crippen MR) is 170 cm³/mol. The zero-order chi connectivity index (χ0) is 32.3. The Balaban J connectivity index is 1.31. The quantitative estimate of drug-likeness (QED) is 0.166. The predicted octanol–water partition coefficient (Wildman–Crippen LogP) is 9.02. The first kappa shape index (κ1) is 31.0. The van der Waals surface area contributed by atoms with E-state index in [9.17, 15) is 23.1 Å². The number of ether oxygens (including phenoxy) is 2. The third-order valence-corrected chi connectivity index (χ3v) is 8.40. The molecule has 4 aromatic carbocycles. The Morgan fingerprint density at radius 3 is 2.28 bits per heavy atom. The van der Waals surface area contributed by atoms with Gasteiger partial charge in [0, 0.05) is 30.4 Å². The van der Waals surface area contributed by atoms with Gasteiger partial charge in [0.15, 0.2) is 0 Å². The van der Waals surface area contributed by atoms with Crippen molar-refractivity contribution in [1.82, 2.24) is 9.55 Å². The first-order valence-corrected chi connectivity index (χ1v) is 15.2. The number of rotatable bonds is 10. The molecule has 0 bridgehead atoms. The van der Waals surface area contributed by atoms with Crippen LogP contribution in [0, 0.1) is 0 Å². The highest BCUT2D eigenvalue weighted by molar-refractivity contribution is 5.93. The molecule has 7 nitrogen and oxygen atoms in total. The van der Waals surface area contributed by atoms with Gasteiger partial charge in [-0.1, -0.05) is 55.7 Å². The van der Waals surface area contributed by atoms with Crippen LogP contribution in [-0.4, -0.2) is 34.1 Å². The summed E-state index contributed by atoms with van der Waals surface area (Å²) < 4.78 is 50.4. The molecule has 10 heteroatoms. The van der Waals surface area contributed by atoms with E-state index in [4.69, 9.17) is 9.72 Å². The first-order chi connectivity index (χ1) is 22.2. The Morgan fingerprint density at radius 1 is 0.891 bits per heavy atom. The number of carbonyl (C=O) groups is 1.